The Morgan fingerprint density at radius 1 is 1.25 bits per heavy atom. The van der Waals surface area contributed by atoms with Crippen LogP contribution in [0.25, 0.3) is 0 Å². The van der Waals surface area contributed by atoms with E-state index in [1.165, 1.54) is 12.1 Å². The Hall–Kier alpha value is -1.72. The summed E-state index contributed by atoms with van der Waals surface area (Å²) in [6, 6.07) is 5.52. The van der Waals surface area contributed by atoms with E-state index in [1.54, 1.807) is 11.0 Å². The van der Waals surface area contributed by atoms with Gasteiger partial charge in [-0.1, -0.05) is 12.1 Å². The number of aliphatic carboxylic acids is 1. The van der Waals surface area contributed by atoms with Crippen LogP contribution in [-0.4, -0.2) is 24.2 Å². The van der Waals surface area contributed by atoms with Gasteiger partial charge in [-0.2, -0.15) is 13.2 Å². The lowest BCUT2D eigenvalue weighted by Crippen LogP contribution is -2.35. The number of carboxylic acid groups (broad SMARTS) is 1. The third-order valence-electron chi connectivity index (χ3n) is 3.63. The zero-order valence-corrected chi connectivity index (χ0v) is 10.9. The second-order valence-electron chi connectivity index (χ2n) is 5.04. The standard InChI is InChI=1S/C14H16F3NO2/c15-14(16,17)11-3-1-2-4-12(11)18-7-5-10(6-8-18)9-13(19)20/h1-4,10H,5-9H2,(H,19,20). The molecule has 20 heavy (non-hydrogen) atoms. The molecule has 1 aliphatic heterocycles. The van der Waals surface area contributed by atoms with Crippen molar-refractivity contribution in [2.75, 3.05) is 18.0 Å². The molecule has 6 heteroatoms. The Bertz CT molecular complexity index is 480. The number of anilines is 1. The predicted molar refractivity (Wildman–Crippen MR) is 68.6 cm³/mol. The monoisotopic (exact) mass is 287 g/mol. The zero-order chi connectivity index (χ0) is 14.8. The summed E-state index contributed by atoms with van der Waals surface area (Å²) < 4.78 is 38.8. The highest BCUT2D eigenvalue weighted by Crippen LogP contribution is 2.37. The summed E-state index contributed by atoms with van der Waals surface area (Å²) in [6.07, 6.45) is -3.06. The van der Waals surface area contributed by atoms with Gasteiger partial charge in [0.25, 0.3) is 0 Å². The summed E-state index contributed by atoms with van der Waals surface area (Å²) in [5, 5.41) is 8.74. The third kappa shape index (κ3) is 3.43. The second-order valence-corrected chi connectivity index (χ2v) is 5.04. The smallest absolute Gasteiger partial charge is 0.418 e. The number of hydrogen-bond donors (Lipinski definition) is 1. The van der Waals surface area contributed by atoms with E-state index in [2.05, 4.69) is 0 Å². The Kier molecular flexibility index (Phi) is 4.20. The first kappa shape index (κ1) is 14.7. The topological polar surface area (TPSA) is 40.5 Å². The van der Waals surface area contributed by atoms with E-state index in [-0.39, 0.29) is 18.0 Å². The molecule has 0 saturated carbocycles. The molecule has 3 nitrogen and oxygen atoms in total. The van der Waals surface area contributed by atoms with Gasteiger partial charge in [0, 0.05) is 25.2 Å². The minimum atomic E-state index is -4.37. The van der Waals surface area contributed by atoms with E-state index < -0.39 is 17.7 Å². The number of rotatable bonds is 3. The first-order valence-corrected chi connectivity index (χ1v) is 6.51. The zero-order valence-electron chi connectivity index (χ0n) is 10.9. The van der Waals surface area contributed by atoms with Crippen LogP contribution in [0.2, 0.25) is 0 Å². The van der Waals surface area contributed by atoms with Gasteiger partial charge in [0.1, 0.15) is 0 Å². The summed E-state index contributed by atoms with van der Waals surface area (Å²) in [7, 11) is 0. The van der Waals surface area contributed by atoms with Gasteiger partial charge in [-0.15, -0.1) is 0 Å². The van der Waals surface area contributed by atoms with Crippen LogP contribution in [0.5, 0.6) is 0 Å². The summed E-state index contributed by atoms with van der Waals surface area (Å²) in [5.41, 5.74) is -0.439. The minimum Gasteiger partial charge on any atom is -0.481 e. The van der Waals surface area contributed by atoms with Crippen molar-refractivity contribution in [3.05, 3.63) is 29.8 Å². The van der Waals surface area contributed by atoms with Crippen molar-refractivity contribution in [1.82, 2.24) is 0 Å². The predicted octanol–water partition coefficient (Wildman–Crippen LogP) is 3.40. The van der Waals surface area contributed by atoms with Crippen LogP contribution in [0.1, 0.15) is 24.8 Å². The molecule has 0 unspecified atom stereocenters. The molecular weight excluding hydrogens is 271 g/mol. The van der Waals surface area contributed by atoms with Crippen LogP contribution >= 0.6 is 0 Å². The maximum Gasteiger partial charge on any atom is 0.418 e. The molecule has 1 fully saturated rings. The first-order valence-electron chi connectivity index (χ1n) is 6.51. The number of piperidine rings is 1. The summed E-state index contributed by atoms with van der Waals surface area (Å²) in [6.45, 7) is 0.927. The maximum absolute atomic E-state index is 12.9. The molecule has 1 saturated heterocycles. The van der Waals surface area contributed by atoms with Gasteiger partial charge < -0.3 is 10.0 Å². The number of carbonyl (C=O) groups is 1. The first-order chi connectivity index (χ1) is 9.38. The fourth-order valence-corrected chi connectivity index (χ4v) is 2.61. The molecule has 0 bridgehead atoms. The number of halogens is 3. The van der Waals surface area contributed by atoms with Crippen LogP contribution in [-0.2, 0) is 11.0 Å². The molecule has 110 valence electrons. The molecule has 1 aromatic carbocycles. The Morgan fingerprint density at radius 3 is 2.40 bits per heavy atom. The minimum absolute atomic E-state index is 0.0572. The molecule has 1 heterocycles. The molecule has 0 spiro atoms. The van der Waals surface area contributed by atoms with Crippen LogP contribution in [0.4, 0.5) is 18.9 Å². The van der Waals surface area contributed by atoms with Gasteiger partial charge in [0.2, 0.25) is 0 Å². The summed E-state index contributed by atoms with van der Waals surface area (Å²) in [4.78, 5) is 12.3. The van der Waals surface area contributed by atoms with E-state index >= 15 is 0 Å². The number of hydrogen-bond acceptors (Lipinski definition) is 2. The van der Waals surface area contributed by atoms with Gasteiger partial charge in [0.05, 0.1) is 5.56 Å². The quantitative estimate of drug-likeness (QED) is 0.926. The lowest BCUT2D eigenvalue weighted by Gasteiger charge is -2.34. The van der Waals surface area contributed by atoms with Crippen molar-refractivity contribution in [2.24, 2.45) is 5.92 Å². The number of carboxylic acids is 1. The SMILES string of the molecule is O=C(O)CC1CCN(c2ccccc2C(F)(F)F)CC1. The third-order valence-corrected chi connectivity index (χ3v) is 3.63. The average Bonchev–Trinajstić information content (AvgIpc) is 2.38. The van der Waals surface area contributed by atoms with Crippen molar-refractivity contribution in [3.8, 4) is 0 Å². The molecule has 1 aliphatic rings. The highest BCUT2D eigenvalue weighted by atomic mass is 19.4. The van der Waals surface area contributed by atoms with Crippen molar-refractivity contribution in [2.45, 2.75) is 25.4 Å². The van der Waals surface area contributed by atoms with Gasteiger partial charge in [-0.05, 0) is 30.9 Å². The number of para-hydroxylation sites is 1. The largest absolute Gasteiger partial charge is 0.481 e. The maximum atomic E-state index is 12.9. The van der Waals surface area contributed by atoms with Gasteiger partial charge in [0.15, 0.2) is 0 Å². The fraction of sp³-hybridized carbons (Fsp3) is 0.500. The van der Waals surface area contributed by atoms with Crippen LogP contribution in [0, 0.1) is 5.92 Å². The van der Waals surface area contributed by atoms with E-state index in [9.17, 15) is 18.0 Å². The van der Waals surface area contributed by atoms with Crippen LogP contribution in [0.15, 0.2) is 24.3 Å². The normalized spacial score (nSPS) is 17.2. The van der Waals surface area contributed by atoms with Crippen molar-refractivity contribution < 1.29 is 23.1 Å². The number of nitrogens with zero attached hydrogens (tertiary/aromatic N) is 1. The molecule has 0 radical (unpaired) electrons. The van der Waals surface area contributed by atoms with Crippen molar-refractivity contribution in [1.29, 1.82) is 0 Å². The highest BCUT2D eigenvalue weighted by Gasteiger charge is 2.35. The molecule has 0 atom stereocenters. The summed E-state index contributed by atoms with van der Waals surface area (Å²) in [5.74, 6) is -0.791. The van der Waals surface area contributed by atoms with Crippen molar-refractivity contribution in [3.63, 3.8) is 0 Å². The highest BCUT2D eigenvalue weighted by molar-refractivity contribution is 5.67. The van der Waals surface area contributed by atoms with Gasteiger partial charge in [-0.25, -0.2) is 0 Å². The Labute approximate surface area is 115 Å². The van der Waals surface area contributed by atoms with E-state index in [1.807, 2.05) is 0 Å². The van der Waals surface area contributed by atoms with Gasteiger partial charge in [-0.3, -0.25) is 4.79 Å². The Morgan fingerprint density at radius 2 is 1.85 bits per heavy atom. The van der Waals surface area contributed by atoms with Crippen molar-refractivity contribution >= 4 is 11.7 Å². The van der Waals surface area contributed by atoms with E-state index in [4.69, 9.17) is 5.11 Å². The number of alkyl halides is 3. The van der Waals surface area contributed by atoms with Crippen LogP contribution in [0.3, 0.4) is 0 Å². The molecule has 0 amide bonds. The van der Waals surface area contributed by atoms with Gasteiger partial charge >= 0.3 is 12.1 Å². The summed E-state index contributed by atoms with van der Waals surface area (Å²) >= 11 is 0. The fourth-order valence-electron chi connectivity index (χ4n) is 2.61. The van der Waals surface area contributed by atoms with Crippen LogP contribution < -0.4 is 4.90 Å². The van der Waals surface area contributed by atoms with E-state index in [0.29, 0.717) is 25.9 Å². The average molecular weight is 287 g/mol. The lowest BCUT2D eigenvalue weighted by atomic mass is 9.93. The lowest BCUT2D eigenvalue weighted by molar-refractivity contribution is -0.138. The number of benzene rings is 1. The second kappa shape index (κ2) is 5.73. The Balaban J connectivity index is 2.09. The molecule has 0 aliphatic carbocycles. The van der Waals surface area contributed by atoms with E-state index in [0.717, 1.165) is 6.07 Å². The molecule has 1 N–H and O–H groups in total. The molecule has 1 aromatic rings. The molecule has 2 rings (SSSR count). The molecular formula is C14H16F3NO2. The molecule has 0 aromatic heterocycles.